The van der Waals surface area contributed by atoms with Gasteiger partial charge in [-0.25, -0.2) is 8.42 Å². The lowest BCUT2D eigenvalue weighted by atomic mass is 10.1. The standard InChI is InChI=1S/C25H33Cl2N3O4S/c1-7-23(25(32)28-16(2)3)29(14-19-8-9-20(26)13-22(19)27)24(31)15-30(35(6,33)34)21-11-17(4)10-18(5)12-21/h8-13,16,23H,7,14-15H2,1-6H3,(H,28,32)/t23-/m1/s1. The Balaban J connectivity index is 2.51. The van der Waals surface area contributed by atoms with Gasteiger partial charge in [-0.15, -0.1) is 0 Å². The minimum Gasteiger partial charge on any atom is -0.352 e. The van der Waals surface area contributed by atoms with Crippen molar-refractivity contribution in [1.29, 1.82) is 0 Å². The zero-order chi connectivity index (χ0) is 26.5. The zero-order valence-electron chi connectivity index (χ0n) is 20.9. The van der Waals surface area contributed by atoms with Gasteiger partial charge in [0.15, 0.2) is 0 Å². The number of sulfonamides is 1. The summed E-state index contributed by atoms with van der Waals surface area (Å²) in [6.45, 7) is 8.73. The normalized spacial score (nSPS) is 12.4. The first-order valence-corrected chi connectivity index (χ1v) is 13.9. The van der Waals surface area contributed by atoms with Crippen molar-refractivity contribution in [1.82, 2.24) is 10.2 Å². The van der Waals surface area contributed by atoms with E-state index in [0.29, 0.717) is 27.7 Å². The molecule has 10 heteroatoms. The molecule has 0 spiro atoms. The number of carbonyl (C=O) groups excluding carboxylic acids is 2. The number of benzene rings is 2. The molecule has 2 amide bonds. The molecule has 0 fully saturated rings. The van der Waals surface area contributed by atoms with Gasteiger partial charge in [0.1, 0.15) is 12.6 Å². The highest BCUT2D eigenvalue weighted by molar-refractivity contribution is 7.92. The summed E-state index contributed by atoms with van der Waals surface area (Å²) in [7, 11) is -3.80. The molecule has 1 N–H and O–H groups in total. The molecule has 2 aromatic rings. The van der Waals surface area contributed by atoms with E-state index in [0.717, 1.165) is 21.7 Å². The maximum absolute atomic E-state index is 13.7. The van der Waals surface area contributed by atoms with Gasteiger partial charge >= 0.3 is 0 Å². The Hall–Kier alpha value is -2.29. The van der Waals surface area contributed by atoms with E-state index in [4.69, 9.17) is 23.2 Å². The molecule has 1 atom stereocenters. The van der Waals surface area contributed by atoms with E-state index in [2.05, 4.69) is 5.32 Å². The van der Waals surface area contributed by atoms with Crippen LogP contribution in [0, 0.1) is 13.8 Å². The number of aryl methyl sites for hydroxylation is 2. The molecule has 35 heavy (non-hydrogen) atoms. The Bertz CT molecular complexity index is 1160. The number of rotatable bonds is 10. The van der Waals surface area contributed by atoms with Crippen molar-refractivity contribution in [3.05, 3.63) is 63.1 Å². The van der Waals surface area contributed by atoms with Gasteiger partial charge in [-0.2, -0.15) is 0 Å². The summed E-state index contributed by atoms with van der Waals surface area (Å²) in [5.74, 6) is -0.843. The van der Waals surface area contributed by atoms with Crippen LogP contribution in [0.15, 0.2) is 36.4 Å². The van der Waals surface area contributed by atoms with E-state index in [1.165, 1.54) is 4.90 Å². The fourth-order valence-corrected chi connectivity index (χ4v) is 5.14. The van der Waals surface area contributed by atoms with E-state index in [9.17, 15) is 18.0 Å². The average molecular weight is 543 g/mol. The number of halogens is 2. The molecule has 0 aliphatic heterocycles. The second kappa shape index (κ2) is 12.1. The van der Waals surface area contributed by atoms with Crippen LogP contribution in [0.25, 0.3) is 0 Å². The highest BCUT2D eigenvalue weighted by Gasteiger charge is 2.32. The van der Waals surface area contributed by atoms with Crippen molar-refractivity contribution in [2.75, 3.05) is 17.1 Å². The molecule has 0 saturated carbocycles. The third kappa shape index (κ3) is 8.12. The smallest absolute Gasteiger partial charge is 0.244 e. The van der Waals surface area contributed by atoms with Crippen LogP contribution < -0.4 is 9.62 Å². The van der Waals surface area contributed by atoms with Crippen molar-refractivity contribution in [2.24, 2.45) is 0 Å². The van der Waals surface area contributed by atoms with Crippen molar-refractivity contribution in [3.8, 4) is 0 Å². The largest absolute Gasteiger partial charge is 0.352 e. The van der Waals surface area contributed by atoms with Crippen LogP contribution in [-0.2, 0) is 26.2 Å². The average Bonchev–Trinajstić information content (AvgIpc) is 2.71. The maximum atomic E-state index is 13.7. The van der Waals surface area contributed by atoms with Gasteiger partial charge in [0.05, 0.1) is 11.9 Å². The predicted octanol–water partition coefficient (Wildman–Crippen LogP) is 4.71. The summed E-state index contributed by atoms with van der Waals surface area (Å²) in [5.41, 5.74) is 2.72. The first kappa shape index (κ1) is 28.9. The third-order valence-corrected chi connectivity index (χ3v) is 7.07. The number of amides is 2. The number of nitrogens with one attached hydrogen (secondary N) is 1. The number of anilines is 1. The van der Waals surface area contributed by atoms with Crippen molar-refractivity contribution >= 4 is 50.7 Å². The lowest BCUT2D eigenvalue weighted by Crippen LogP contribution is -2.53. The van der Waals surface area contributed by atoms with Crippen LogP contribution in [0.1, 0.15) is 43.9 Å². The van der Waals surface area contributed by atoms with E-state index in [-0.39, 0.29) is 18.5 Å². The number of carbonyl (C=O) groups is 2. The van der Waals surface area contributed by atoms with Gasteiger partial charge in [0.2, 0.25) is 21.8 Å². The van der Waals surface area contributed by atoms with Gasteiger partial charge in [-0.05, 0) is 75.1 Å². The minimum atomic E-state index is -3.80. The Kier molecular flexibility index (Phi) is 10.0. The third-order valence-electron chi connectivity index (χ3n) is 5.35. The molecule has 7 nitrogen and oxygen atoms in total. The fourth-order valence-electron chi connectivity index (χ4n) is 3.84. The molecule has 0 aliphatic carbocycles. The molecular formula is C25H33Cl2N3O4S. The predicted molar refractivity (Wildman–Crippen MR) is 142 cm³/mol. The summed E-state index contributed by atoms with van der Waals surface area (Å²) in [6.07, 6.45) is 1.39. The van der Waals surface area contributed by atoms with E-state index in [1.807, 2.05) is 33.8 Å². The molecule has 192 valence electrons. The SMILES string of the molecule is CC[C@H](C(=O)NC(C)C)N(Cc1ccc(Cl)cc1Cl)C(=O)CN(c1cc(C)cc(C)c1)S(C)(=O)=O. The lowest BCUT2D eigenvalue weighted by Gasteiger charge is -2.33. The second-order valence-electron chi connectivity index (χ2n) is 8.96. The highest BCUT2D eigenvalue weighted by atomic mass is 35.5. The van der Waals surface area contributed by atoms with Crippen LogP contribution in [-0.4, -0.2) is 50.0 Å². The molecule has 0 heterocycles. The summed E-state index contributed by atoms with van der Waals surface area (Å²) in [6, 6.07) is 9.30. The summed E-state index contributed by atoms with van der Waals surface area (Å²) in [4.78, 5) is 28.1. The fraction of sp³-hybridized carbons (Fsp3) is 0.440. The molecule has 2 rings (SSSR count). The van der Waals surface area contributed by atoms with Gasteiger partial charge in [-0.3, -0.25) is 13.9 Å². The van der Waals surface area contributed by atoms with Crippen molar-refractivity contribution in [2.45, 2.75) is 59.7 Å². The quantitative estimate of drug-likeness (QED) is 0.471. The molecule has 2 aromatic carbocycles. The van der Waals surface area contributed by atoms with Gasteiger partial charge < -0.3 is 10.2 Å². The highest BCUT2D eigenvalue weighted by Crippen LogP contribution is 2.25. The first-order chi connectivity index (χ1) is 16.2. The van der Waals surface area contributed by atoms with Crippen LogP contribution in [0.2, 0.25) is 10.0 Å². The number of hydrogen-bond acceptors (Lipinski definition) is 4. The van der Waals surface area contributed by atoms with Crippen molar-refractivity contribution < 1.29 is 18.0 Å². The topological polar surface area (TPSA) is 86.8 Å². The first-order valence-electron chi connectivity index (χ1n) is 11.3. The van der Waals surface area contributed by atoms with Crippen LogP contribution in [0.5, 0.6) is 0 Å². The molecule has 0 aliphatic rings. The van der Waals surface area contributed by atoms with Crippen LogP contribution in [0.3, 0.4) is 0 Å². The maximum Gasteiger partial charge on any atom is 0.244 e. The number of hydrogen-bond donors (Lipinski definition) is 1. The molecular weight excluding hydrogens is 509 g/mol. The Morgan fingerprint density at radius 1 is 1.03 bits per heavy atom. The monoisotopic (exact) mass is 541 g/mol. The molecule has 0 unspecified atom stereocenters. The Morgan fingerprint density at radius 2 is 1.63 bits per heavy atom. The van der Waals surface area contributed by atoms with E-state index >= 15 is 0 Å². The second-order valence-corrected chi connectivity index (χ2v) is 11.7. The van der Waals surface area contributed by atoms with Gasteiger partial charge in [-0.1, -0.05) is 42.3 Å². The molecule has 0 bridgehead atoms. The van der Waals surface area contributed by atoms with Gasteiger partial charge in [0.25, 0.3) is 0 Å². The summed E-state index contributed by atoms with van der Waals surface area (Å²) < 4.78 is 26.5. The summed E-state index contributed by atoms with van der Waals surface area (Å²) in [5, 5.41) is 3.64. The number of nitrogens with zero attached hydrogens (tertiary/aromatic N) is 2. The molecule has 0 saturated heterocycles. The zero-order valence-corrected chi connectivity index (χ0v) is 23.3. The minimum absolute atomic E-state index is 0.0172. The van der Waals surface area contributed by atoms with Gasteiger partial charge in [0, 0.05) is 22.6 Å². The molecule has 0 radical (unpaired) electrons. The lowest BCUT2D eigenvalue weighted by molar-refractivity contribution is -0.140. The molecule has 0 aromatic heterocycles. The van der Waals surface area contributed by atoms with E-state index < -0.39 is 28.5 Å². The van der Waals surface area contributed by atoms with Crippen LogP contribution >= 0.6 is 23.2 Å². The summed E-state index contributed by atoms with van der Waals surface area (Å²) >= 11 is 12.4. The Labute approximate surface area is 218 Å². The van der Waals surface area contributed by atoms with E-state index in [1.54, 1.807) is 37.3 Å². The Morgan fingerprint density at radius 3 is 2.11 bits per heavy atom. The van der Waals surface area contributed by atoms with Crippen LogP contribution in [0.4, 0.5) is 5.69 Å². The van der Waals surface area contributed by atoms with Crippen molar-refractivity contribution in [3.63, 3.8) is 0 Å².